The van der Waals surface area contributed by atoms with Crippen LogP contribution in [0.4, 0.5) is 4.79 Å². The number of carbonyl (C=O) groups is 2. The van der Waals surface area contributed by atoms with Crippen molar-refractivity contribution in [2.45, 2.75) is 59.1 Å². The number of rotatable bonds is 7. The van der Waals surface area contributed by atoms with Crippen molar-refractivity contribution < 1.29 is 19.1 Å². The van der Waals surface area contributed by atoms with Crippen LogP contribution in [0, 0.1) is 0 Å². The molecule has 120 valence electrons. The Morgan fingerprint density at radius 3 is 2.43 bits per heavy atom. The molecule has 0 aliphatic carbocycles. The molecule has 21 heavy (non-hydrogen) atoms. The minimum Gasteiger partial charge on any atom is -0.458 e. The summed E-state index contributed by atoms with van der Waals surface area (Å²) in [7, 11) is 0. The van der Waals surface area contributed by atoms with Gasteiger partial charge in [-0.1, -0.05) is 12.2 Å². The summed E-state index contributed by atoms with van der Waals surface area (Å²) in [6, 6.07) is -0.736. The lowest BCUT2D eigenvalue weighted by atomic mass is 10.1. The van der Waals surface area contributed by atoms with Crippen LogP contribution in [0.25, 0.3) is 0 Å². The standard InChI is InChI=1S/C16H27NO4/c1-7-9-10-13(14(18)21-16(4,5)6)17-15(19)20-11-12(3)8-2/h7-8,13H,1,9-11H2,2-6H3,(H,17,19). The normalized spacial score (nSPS) is 13.3. The molecule has 1 N–H and O–H groups in total. The maximum Gasteiger partial charge on any atom is 0.408 e. The van der Waals surface area contributed by atoms with Gasteiger partial charge < -0.3 is 14.8 Å². The lowest BCUT2D eigenvalue weighted by Gasteiger charge is -2.24. The van der Waals surface area contributed by atoms with Gasteiger partial charge in [-0.05, 0) is 53.0 Å². The quantitative estimate of drug-likeness (QED) is 0.578. The van der Waals surface area contributed by atoms with Crippen LogP contribution in [0.15, 0.2) is 24.3 Å². The number of alkyl carbamates (subject to hydrolysis) is 1. The molecule has 0 bridgehead atoms. The van der Waals surface area contributed by atoms with E-state index in [1.54, 1.807) is 26.8 Å². The summed E-state index contributed by atoms with van der Waals surface area (Å²) in [6.07, 6.45) is 3.94. The summed E-state index contributed by atoms with van der Waals surface area (Å²) >= 11 is 0. The van der Waals surface area contributed by atoms with Gasteiger partial charge in [0.25, 0.3) is 0 Å². The van der Waals surface area contributed by atoms with Gasteiger partial charge in [-0.15, -0.1) is 6.58 Å². The first-order chi connectivity index (χ1) is 9.69. The van der Waals surface area contributed by atoms with Crippen molar-refractivity contribution in [2.24, 2.45) is 0 Å². The average Bonchev–Trinajstić information content (AvgIpc) is 2.38. The zero-order valence-corrected chi connectivity index (χ0v) is 13.7. The molecule has 0 heterocycles. The van der Waals surface area contributed by atoms with E-state index in [1.165, 1.54) is 0 Å². The summed E-state index contributed by atoms with van der Waals surface area (Å²) in [5.74, 6) is -0.468. The minimum absolute atomic E-state index is 0.199. The Morgan fingerprint density at radius 1 is 1.33 bits per heavy atom. The van der Waals surface area contributed by atoms with Crippen molar-refractivity contribution in [2.75, 3.05) is 6.61 Å². The Labute approximate surface area is 127 Å². The second-order valence-electron chi connectivity index (χ2n) is 5.81. The van der Waals surface area contributed by atoms with Crippen LogP contribution < -0.4 is 5.32 Å². The Bertz CT molecular complexity index is 394. The molecule has 0 spiro atoms. The number of nitrogens with one attached hydrogen (secondary N) is 1. The van der Waals surface area contributed by atoms with Crippen LogP contribution in [0.2, 0.25) is 0 Å². The summed E-state index contributed by atoms with van der Waals surface area (Å²) < 4.78 is 10.3. The van der Waals surface area contributed by atoms with Crippen LogP contribution in [0.1, 0.15) is 47.5 Å². The molecule has 0 aliphatic rings. The lowest BCUT2D eigenvalue weighted by molar-refractivity contribution is -0.157. The van der Waals surface area contributed by atoms with Gasteiger partial charge in [-0.2, -0.15) is 0 Å². The van der Waals surface area contributed by atoms with Gasteiger partial charge in [-0.25, -0.2) is 9.59 Å². The first kappa shape index (κ1) is 19.2. The molecule has 1 unspecified atom stereocenters. The first-order valence-corrected chi connectivity index (χ1v) is 7.08. The number of hydrogen-bond donors (Lipinski definition) is 1. The molecule has 0 radical (unpaired) electrons. The third kappa shape index (κ3) is 9.71. The maximum absolute atomic E-state index is 12.1. The highest BCUT2D eigenvalue weighted by atomic mass is 16.6. The SMILES string of the molecule is C=CCCC(NC(=O)OCC(C)=CC)C(=O)OC(C)(C)C. The fourth-order valence-electron chi connectivity index (χ4n) is 1.35. The average molecular weight is 297 g/mol. The van der Waals surface area contributed by atoms with Gasteiger partial charge in [0.05, 0.1) is 0 Å². The van der Waals surface area contributed by atoms with E-state index in [1.807, 2.05) is 19.9 Å². The van der Waals surface area contributed by atoms with Crippen LogP contribution in [0.3, 0.4) is 0 Å². The molecule has 1 atom stereocenters. The second kappa shape index (κ2) is 9.21. The van der Waals surface area contributed by atoms with Gasteiger partial charge >= 0.3 is 12.1 Å². The third-order valence-electron chi connectivity index (χ3n) is 2.57. The highest BCUT2D eigenvalue weighted by Crippen LogP contribution is 2.11. The van der Waals surface area contributed by atoms with Crippen molar-refractivity contribution in [1.29, 1.82) is 0 Å². The monoisotopic (exact) mass is 297 g/mol. The smallest absolute Gasteiger partial charge is 0.408 e. The van der Waals surface area contributed by atoms with E-state index in [4.69, 9.17) is 9.47 Å². The number of esters is 1. The van der Waals surface area contributed by atoms with E-state index in [-0.39, 0.29) is 6.61 Å². The zero-order chi connectivity index (χ0) is 16.5. The molecule has 5 heteroatoms. The van der Waals surface area contributed by atoms with E-state index in [0.717, 1.165) is 5.57 Å². The fraction of sp³-hybridized carbons (Fsp3) is 0.625. The Kier molecular flexibility index (Phi) is 8.43. The molecule has 0 aromatic carbocycles. The molecule has 0 aromatic heterocycles. The lowest BCUT2D eigenvalue weighted by Crippen LogP contribution is -2.44. The number of allylic oxidation sites excluding steroid dienone is 2. The topological polar surface area (TPSA) is 64.6 Å². The van der Waals surface area contributed by atoms with Gasteiger partial charge in [0.2, 0.25) is 0 Å². The number of hydrogen-bond acceptors (Lipinski definition) is 4. The van der Waals surface area contributed by atoms with Crippen molar-refractivity contribution in [3.8, 4) is 0 Å². The third-order valence-corrected chi connectivity index (χ3v) is 2.57. The molecule has 5 nitrogen and oxygen atoms in total. The van der Waals surface area contributed by atoms with E-state index in [2.05, 4.69) is 11.9 Å². The van der Waals surface area contributed by atoms with Gasteiger partial charge in [-0.3, -0.25) is 0 Å². The van der Waals surface area contributed by atoms with E-state index >= 15 is 0 Å². The molecule has 0 rings (SSSR count). The van der Waals surface area contributed by atoms with E-state index in [9.17, 15) is 9.59 Å². The van der Waals surface area contributed by atoms with Crippen LogP contribution in [-0.2, 0) is 14.3 Å². The van der Waals surface area contributed by atoms with Crippen LogP contribution >= 0.6 is 0 Å². The first-order valence-electron chi connectivity index (χ1n) is 7.08. The van der Waals surface area contributed by atoms with Gasteiger partial charge in [0, 0.05) is 0 Å². The van der Waals surface area contributed by atoms with E-state index < -0.39 is 23.7 Å². The Balaban J connectivity index is 4.57. The van der Waals surface area contributed by atoms with Gasteiger partial charge in [0.15, 0.2) is 0 Å². The molecule has 1 amide bonds. The predicted octanol–water partition coefficient (Wildman–Crippen LogP) is 3.36. The number of carbonyl (C=O) groups excluding carboxylic acids is 2. The largest absolute Gasteiger partial charge is 0.458 e. The van der Waals surface area contributed by atoms with E-state index in [0.29, 0.717) is 12.8 Å². The summed E-state index contributed by atoms with van der Waals surface area (Å²) in [6.45, 7) is 12.9. The summed E-state index contributed by atoms with van der Waals surface area (Å²) in [4.78, 5) is 23.8. The Morgan fingerprint density at radius 2 is 1.95 bits per heavy atom. The van der Waals surface area contributed by atoms with Crippen LogP contribution in [-0.4, -0.2) is 30.3 Å². The number of ether oxygens (including phenoxy) is 2. The molecule has 0 aliphatic heterocycles. The molecule has 0 aromatic rings. The summed E-state index contributed by atoms with van der Waals surface area (Å²) in [5, 5.41) is 2.54. The molecule has 0 fully saturated rings. The highest BCUT2D eigenvalue weighted by Gasteiger charge is 2.26. The second-order valence-corrected chi connectivity index (χ2v) is 5.81. The molecular weight excluding hydrogens is 270 g/mol. The fourth-order valence-corrected chi connectivity index (χ4v) is 1.35. The zero-order valence-electron chi connectivity index (χ0n) is 13.7. The molecule has 0 saturated heterocycles. The van der Waals surface area contributed by atoms with Crippen molar-refractivity contribution >= 4 is 12.1 Å². The van der Waals surface area contributed by atoms with Crippen LogP contribution in [0.5, 0.6) is 0 Å². The maximum atomic E-state index is 12.1. The predicted molar refractivity (Wildman–Crippen MR) is 83.0 cm³/mol. The molecule has 0 saturated carbocycles. The molecular formula is C16H27NO4. The minimum atomic E-state index is -0.736. The van der Waals surface area contributed by atoms with Gasteiger partial charge in [0.1, 0.15) is 18.2 Å². The highest BCUT2D eigenvalue weighted by molar-refractivity contribution is 5.81. The Hall–Kier alpha value is -1.78. The van der Waals surface area contributed by atoms with Crippen molar-refractivity contribution in [3.05, 3.63) is 24.3 Å². The summed E-state index contributed by atoms with van der Waals surface area (Å²) in [5.41, 5.74) is 0.335. The number of amides is 1. The van der Waals surface area contributed by atoms with Crippen molar-refractivity contribution in [1.82, 2.24) is 5.32 Å². The van der Waals surface area contributed by atoms with Crippen molar-refractivity contribution in [3.63, 3.8) is 0 Å².